The first kappa shape index (κ1) is 54.0. The first-order valence-electron chi connectivity index (χ1n) is 21.2. The van der Waals surface area contributed by atoms with E-state index in [1.807, 2.05) is 0 Å². The Balaban J connectivity index is 0.000000258. The molecule has 0 radical (unpaired) electrons. The van der Waals surface area contributed by atoms with Gasteiger partial charge >= 0.3 is 6.18 Å². The first-order chi connectivity index (χ1) is 33.4. The summed E-state index contributed by atoms with van der Waals surface area (Å²) < 4.78 is 162. The van der Waals surface area contributed by atoms with Crippen LogP contribution in [0, 0.1) is 34.9 Å². The third-order valence-corrected chi connectivity index (χ3v) is 15.1. The Morgan fingerprint density at radius 2 is 1.24 bits per heavy atom. The van der Waals surface area contributed by atoms with E-state index < -0.39 is 135 Å². The van der Waals surface area contributed by atoms with Gasteiger partial charge in [-0.05, 0) is 48.7 Å². The standard InChI is InChI=1S/C28H30F6N4O7S2.C14H14F3N3O4/c1-47(43,44)37-8-6-27(42,7-9-37)25(15-4-2-3-5-16(15)28(32,33)34)46-26-24(41)22(23(40)20(13-39)45-26)38-12-19(35-36-38)14-10-17(29)21(31)18(30)11-14;15-7-1-6(2-8(16)12(7)17)9-3-20(19-18-9)13-10(22)5-24-11(4-21)14(13)23/h2-5,10-12,20,22-26,39-42H,6-9,13H2,1H3;1-3,10-11,13-14,21-23H,4-5H2/t20-,22+,23+,24-,25?,26+;/m1./s1. The van der Waals surface area contributed by atoms with Crippen molar-refractivity contribution < 1.29 is 93.2 Å². The van der Waals surface area contributed by atoms with E-state index in [2.05, 4.69) is 20.6 Å². The number of ether oxygens (including phenoxy) is 2. The number of aliphatic hydroxyl groups excluding tert-OH is 6. The Labute approximate surface area is 400 Å². The van der Waals surface area contributed by atoms with E-state index in [1.165, 1.54) is 12.3 Å². The molecule has 3 saturated heterocycles. The average Bonchev–Trinajstić information content (AvgIpc) is 4.01. The van der Waals surface area contributed by atoms with Crippen molar-refractivity contribution in [3.63, 3.8) is 0 Å². The van der Waals surface area contributed by atoms with Crippen molar-refractivity contribution in [3.05, 3.63) is 107 Å². The lowest BCUT2D eigenvalue weighted by Gasteiger charge is -2.47. The molecule has 0 saturated carbocycles. The lowest BCUT2D eigenvalue weighted by atomic mass is 9.84. The number of nitrogens with zero attached hydrogens (tertiary/aromatic N) is 7. The van der Waals surface area contributed by atoms with E-state index >= 15 is 0 Å². The lowest BCUT2D eigenvalue weighted by Crippen LogP contribution is -2.56. The summed E-state index contributed by atoms with van der Waals surface area (Å²) in [5.41, 5.74) is -5.39. The van der Waals surface area contributed by atoms with Crippen molar-refractivity contribution in [3.8, 4) is 22.5 Å². The Bertz CT molecular complexity index is 2740. The minimum atomic E-state index is -4.87. The molecule has 5 unspecified atom stereocenters. The molecular weight excluding hydrogens is 1010 g/mol. The van der Waals surface area contributed by atoms with Crippen LogP contribution in [-0.4, -0.2) is 165 Å². The quantitative estimate of drug-likeness (QED) is 0.0741. The fourth-order valence-corrected chi connectivity index (χ4v) is 10.9. The molecule has 5 heterocycles. The van der Waals surface area contributed by atoms with Gasteiger partial charge in [0.05, 0.1) is 54.9 Å². The van der Waals surface area contributed by atoms with Crippen LogP contribution in [0.4, 0.5) is 39.5 Å². The highest BCUT2D eigenvalue weighted by Crippen LogP contribution is 2.52. The number of hydrogen-bond acceptors (Lipinski definition) is 16. The molecule has 2 aromatic heterocycles. The first-order valence-corrected chi connectivity index (χ1v) is 24.0. The fourth-order valence-electron chi connectivity index (χ4n) is 8.44. The van der Waals surface area contributed by atoms with Gasteiger partial charge in [-0.1, -0.05) is 28.6 Å². The zero-order chi connectivity index (χ0) is 51.9. The number of thioether (sulfide) groups is 1. The van der Waals surface area contributed by atoms with Crippen LogP contribution in [0.25, 0.3) is 22.5 Å². The summed E-state index contributed by atoms with van der Waals surface area (Å²) in [5.74, 6) is -9.07. The summed E-state index contributed by atoms with van der Waals surface area (Å²) in [6.45, 7) is -1.83. The summed E-state index contributed by atoms with van der Waals surface area (Å²) in [4.78, 5) is 0. The van der Waals surface area contributed by atoms with E-state index in [1.54, 1.807) is 0 Å². The van der Waals surface area contributed by atoms with Gasteiger partial charge in [0.15, 0.2) is 34.9 Å². The highest BCUT2D eigenvalue weighted by Gasteiger charge is 2.52. The van der Waals surface area contributed by atoms with Crippen LogP contribution in [0.15, 0.2) is 60.9 Å². The third kappa shape index (κ3) is 11.4. The van der Waals surface area contributed by atoms with Crippen LogP contribution in [0.3, 0.4) is 0 Å². The molecule has 5 aromatic rings. The molecule has 388 valence electrons. The smallest absolute Gasteiger partial charge is 0.394 e. The molecule has 71 heavy (non-hydrogen) atoms. The number of benzene rings is 3. The molecule has 3 fully saturated rings. The van der Waals surface area contributed by atoms with Gasteiger partial charge in [0.2, 0.25) is 10.0 Å². The van der Waals surface area contributed by atoms with Gasteiger partial charge in [-0.25, -0.2) is 48.4 Å². The SMILES string of the molecule is CS(=O)(=O)N1CCC(O)(C(S[C@@H]2O[C@H](CO)[C@H](O)[C@H](n3cc(-c4cc(F)c(F)c(F)c4)nn3)[C@H]2O)c2ccccc2C(F)(F)F)CC1.OCC1OCC(O)C(n2cc(-c3cc(F)c(F)c(F)c3)nn2)C1O. The van der Waals surface area contributed by atoms with E-state index in [4.69, 9.17) is 14.6 Å². The summed E-state index contributed by atoms with van der Waals surface area (Å²) >= 11 is 0.585. The second kappa shape index (κ2) is 21.4. The van der Waals surface area contributed by atoms with E-state index in [-0.39, 0.29) is 60.6 Å². The minimum Gasteiger partial charge on any atom is -0.394 e. The number of aromatic nitrogens is 6. The van der Waals surface area contributed by atoms with E-state index in [0.717, 1.165) is 56.5 Å². The van der Waals surface area contributed by atoms with Crippen molar-refractivity contribution in [1.29, 1.82) is 0 Å². The van der Waals surface area contributed by atoms with E-state index in [0.29, 0.717) is 23.9 Å². The maximum Gasteiger partial charge on any atom is 0.416 e. The van der Waals surface area contributed by atoms with Gasteiger partial charge < -0.3 is 45.2 Å². The number of alkyl halides is 3. The number of piperidine rings is 1. The number of halogens is 9. The molecule has 0 aliphatic carbocycles. The van der Waals surface area contributed by atoms with Gasteiger partial charge in [0.1, 0.15) is 65.5 Å². The normalized spacial score (nSPS) is 26.7. The highest BCUT2D eigenvalue weighted by atomic mass is 32.2. The molecule has 10 atom stereocenters. The van der Waals surface area contributed by atoms with Crippen LogP contribution in [0.2, 0.25) is 0 Å². The molecular formula is C42H44F9N7O11S2. The maximum absolute atomic E-state index is 14.2. The fraction of sp³-hybridized carbons (Fsp3) is 0.476. The third-order valence-electron chi connectivity index (χ3n) is 12.2. The van der Waals surface area contributed by atoms with Crippen LogP contribution in [-0.2, 0) is 25.7 Å². The van der Waals surface area contributed by atoms with Gasteiger partial charge in [0.25, 0.3) is 0 Å². The van der Waals surface area contributed by atoms with Crippen molar-refractivity contribution in [2.75, 3.05) is 39.2 Å². The van der Waals surface area contributed by atoms with Gasteiger partial charge in [-0.3, -0.25) is 0 Å². The topological polar surface area (TPSA) is 259 Å². The molecule has 0 spiro atoms. The number of hydrogen-bond donors (Lipinski definition) is 7. The molecule has 7 N–H and O–H groups in total. The Kier molecular flexibility index (Phi) is 16.2. The van der Waals surface area contributed by atoms with Crippen LogP contribution in [0.5, 0.6) is 0 Å². The van der Waals surface area contributed by atoms with Gasteiger partial charge in [-0.2, -0.15) is 13.2 Å². The molecule has 0 amide bonds. The number of sulfonamides is 1. The second-order valence-corrected chi connectivity index (χ2v) is 20.0. The van der Waals surface area contributed by atoms with Crippen molar-refractivity contribution in [1.82, 2.24) is 34.3 Å². The van der Waals surface area contributed by atoms with E-state index in [9.17, 15) is 78.6 Å². The Hall–Kier alpha value is -4.79. The average molecular weight is 1060 g/mol. The largest absolute Gasteiger partial charge is 0.416 e. The van der Waals surface area contributed by atoms with Crippen molar-refractivity contribution >= 4 is 21.8 Å². The molecule has 3 aromatic carbocycles. The molecule has 3 aliphatic heterocycles. The molecule has 0 bridgehead atoms. The summed E-state index contributed by atoms with van der Waals surface area (Å²) in [6, 6.07) is 4.82. The van der Waals surface area contributed by atoms with Crippen LogP contribution >= 0.6 is 11.8 Å². The lowest BCUT2D eigenvalue weighted by molar-refractivity contribution is -0.179. The van der Waals surface area contributed by atoms with Gasteiger partial charge in [-0.15, -0.1) is 22.0 Å². The zero-order valence-electron chi connectivity index (χ0n) is 36.6. The molecule has 29 heteroatoms. The molecule has 3 aliphatic rings. The predicted molar refractivity (Wildman–Crippen MR) is 228 cm³/mol. The summed E-state index contributed by atoms with van der Waals surface area (Å²) in [7, 11) is -3.67. The summed E-state index contributed by atoms with van der Waals surface area (Å²) in [6.07, 6.45) is -10.4. The number of aliphatic hydroxyl groups is 7. The second-order valence-electron chi connectivity index (χ2n) is 16.8. The summed E-state index contributed by atoms with van der Waals surface area (Å²) in [5, 5.41) is 87.3. The Morgan fingerprint density at radius 3 is 1.72 bits per heavy atom. The highest BCUT2D eigenvalue weighted by molar-refractivity contribution is 8.00. The van der Waals surface area contributed by atoms with Crippen molar-refractivity contribution in [2.45, 2.75) is 84.0 Å². The monoisotopic (exact) mass is 1060 g/mol. The van der Waals surface area contributed by atoms with Crippen molar-refractivity contribution in [2.24, 2.45) is 0 Å². The molecule has 18 nitrogen and oxygen atoms in total. The predicted octanol–water partition coefficient (Wildman–Crippen LogP) is 2.64. The Morgan fingerprint density at radius 1 is 0.761 bits per heavy atom. The van der Waals surface area contributed by atoms with Crippen LogP contribution < -0.4 is 0 Å². The maximum atomic E-state index is 14.2. The van der Waals surface area contributed by atoms with Crippen LogP contribution in [0.1, 0.15) is 41.3 Å². The van der Waals surface area contributed by atoms with Gasteiger partial charge in [0, 0.05) is 24.2 Å². The number of rotatable bonds is 11. The zero-order valence-corrected chi connectivity index (χ0v) is 38.2. The minimum absolute atomic E-state index is 0.0271. The molecule has 8 rings (SSSR count).